The molecule has 1 aromatic rings. The van der Waals surface area contributed by atoms with E-state index in [4.69, 9.17) is 0 Å². The van der Waals surface area contributed by atoms with Crippen molar-refractivity contribution in [1.82, 2.24) is 5.32 Å². The lowest BCUT2D eigenvalue weighted by Crippen LogP contribution is -2.33. The minimum atomic E-state index is 0.276. The molecule has 1 atom stereocenters. The van der Waals surface area contributed by atoms with Crippen LogP contribution in [0.4, 0.5) is 5.69 Å². The van der Waals surface area contributed by atoms with Gasteiger partial charge in [-0.3, -0.25) is 4.79 Å². The van der Waals surface area contributed by atoms with Gasteiger partial charge in [-0.05, 0) is 30.9 Å². The summed E-state index contributed by atoms with van der Waals surface area (Å²) in [6.45, 7) is 1.80. The first-order valence-corrected chi connectivity index (χ1v) is 7.95. The maximum atomic E-state index is 12.1. The number of anilines is 1. The summed E-state index contributed by atoms with van der Waals surface area (Å²) in [7, 11) is 0. The van der Waals surface area contributed by atoms with Crippen LogP contribution in [0.15, 0.2) is 24.3 Å². The van der Waals surface area contributed by atoms with Gasteiger partial charge in [-0.15, -0.1) is 0 Å². The van der Waals surface area contributed by atoms with E-state index in [1.807, 2.05) is 0 Å². The van der Waals surface area contributed by atoms with E-state index in [9.17, 15) is 4.79 Å². The van der Waals surface area contributed by atoms with E-state index >= 15 is 0 Å². The van der Waals surface area contributed by atoms with Crippen LogP contribution < -0.4 is 10.6 Å². The van der Waals surface area contributed by atoms with Crippen LogP contribution in [0.2, 0.25) is 0 Å². The second-order valence-corrected chi connectivity index (χ2v) is 6.08. The fraction of sp³-hybridized carbons (Fsp3) is 0.588. The Hall–Kier alpha value is -1.51. The van der Waals surface area contributed by atoms with Crippen molar-refractivity contribution in [3.63, 3.8) is 0 Å². The lowest BCUT2D eigenvalue weighted by molar-refractivity contribution is -0.125. The third-order valence-electron chi connectivity index (χ3n) is 4.71. The van der Waals surface area contributed by atoms with Crippen LogP contribution in [-0.2, 0) is 4.79 Å². The zero-order valence-corrected chi connectivity index (χ0v) is 12.0. The molecule has 0 bridgehead atoms. The summed E-state index contributed by atoms with van der Waals surface area (Å²) in [5.41, 5.74) is 2.66. The molecule has 3 nitrogen and oxygen atoms in total. The summed E-state index contributed by atoms with van der Waals surface area (Å²) in [6, 6.07) is 8.50. The van der Waals surface area contributed by atoms with Crippen LogP contribution in [0.3, 0.4) is 0 Å². The van der Waals surface area contributed by atoms with Crippen molar-refractivity contribution >= 4 is 11.6 Å². The molecule has 1 amide bonds. The average Bonchev–Trinajstić information content (AvgIpc) is 2.92. The van der Waals surface area contributed by atoms with Gasteiger partial charge in [0.25, 0.3) is 0 Å². The van der Waals surface area contributed by atoms with Gasteiger partial charge in [-0.25, -0.2) is 0 Å². The molecule has 1 heterocycles. The summed E-state index contributed by atoms with van der Waals surface area (Å²) in [6.07, 6.45) is 6.94. The van der Waals surface area contributed by atoms with Gasteiger partial charge in [0.1, 0.15) is 0 Å². The molecule has 20 heavy (non-hydrogen) atoms. The van der Waals surface area contributed by atoms with Gasteiger partial charge in [0.2, 0.25) is 5.91 Å². The normalized spacial score (nSPS) is 22.1. The quantitative estimate of drug-likeness (QED) is 0.883. The van der Waals surface area contributed by atoms with E-state index in [0.29, 0.717) is 5.92 Å². The monoisotopic (exact) mass is 272 g/mol. The Morgan fingerprint density at radius 1 is 1.20 bits per heavy atom. The number of benzene rings is 1. The molecule has 2 aliphatic rings. The van der Waals surface area contributed by atoms with Crippen LogP contribution in [0.25, 0.3) is 0 Å². The Morgan fingerprint density at radius 2 is 2.00 bits per heavy atom. The number of para-hydroxylation sites is 1. The van der Waals surface area contributed by atoms with Gasteiger partial charge in [-0.2, -0.15) is 0 Å². The number of fused-ring (bicyclic) bond motifs is 1. The van der Waals surface area contributed by atoms with E-state index in [2.05, 4.69) is 34.9 Å². The lowest BCUT2D eigenvalue weighted by atomic mass is 9.88. The number of nitrogens with one attached hydrogen (secondary N) is 2. The highest BCUT2D eigenvalue weighted by molar-refractivity contribution is 5.78. The van der Waals surface area contributed by atoms with Gasteiger partial charge in [0, 0.05) is 30.6 Å². The highest BCUT2D eigenvalue weighted by atomic mass is 16.1. The van der Waals surface area contributed by atoms with E-state index in [0.717, 1.165) is 32.4 Å². The molecule has 1 aromatic carbocycles. The number of amides is 1. The third kappa shape index (κ3) is 2.97. The Balaban J connectivity index is 1.45. The summed E-state index contributed by atoms with van der Waals surface area (Å²) in [5.74, 6) is 1.10. The number of rotatable bonds is 4. The maximum Gasteiger partial charge on any atom is 0.223 e. The van der Waals surface area contributed by atoms with Gasteiger partial charge >= 0.3 is 0 Å². The van der Waals surface area contributed by atoms with Crippen molar-refractivity contribution in [2.24, 2.45) is 5.92 Å². The van der Waals surface area contributed by atoms with Crippen LogP contribution in [0.1, 0.15) is 50.0 Å². The van der Waals surface area contributed by atoms with Crippen LogP contribution >= 0.6 is 0 Å². The predicted octanol–water partition coefficient (Wildman–Crippen LogP) is 3.28. The molecule has 3 heteroatoms. The summed E-state index contributed by atoms with van der Waals surface area (Å²) < 4.78 is 0. The van der Waals surface area contributed by atoms with Crippen molar-refractivity contribution in [3.8, 4) is 0 Å². The van der Waals surface area contributed by atoms with Crippen molar-refractivity contribution in [1.29, 1.82) is 0 Å². The van der Waals surface area contributed by atoms with Crippen LogP contribution in [-0.4, -0.2) is 19.0 Å². The molecule has 0 aromatic heterocycles. The molecular formula is C17H24N2O. The Morgan fingerprint density at radius 3 is 2.85 bits per heavy atom. The summed E-state index contributed by atoms with van der Waals surface area (Å²) in [4.78, 5) is 12.1. The molecule has 1 aliphatic heterocycles. The molecule has 1 aliphatic carbocycles. The van der Waals surface area contributed by atoms with E-state index in [1.54, 1.807) is 0 Å². The molecule has 0 saturated heterocycles. The highest BCUT2D eigenvalue weighted by Gasteiger charge is 2.23. The van der Waals surface area contributed by atoms with E-state index in [1.165, 1.54) is 30.5 Å². The van der Waals surface area contributed by atoms with Gasteiger partial charge in [-0.1, -0.05) is 37.5 Å². The minimum absolute atomic E-state index is 0.276. The molecule has 3 rings (SSSR count). The number of hydrogen-bond donors (Lipinski definition) is 2. The minimum Gasteiger partial charge on any atom is -0.384 e. The second-order valence-electron chi connectivity index (χ2n) is 6.08. The van der Waals surface area contributed by atoms with Crippen molar-refractivity contribution < 1.29 is 4.79 Å². The number of carbonyl (C=O) groups is 1. The highest BCUT2D eigenvalue weighted by Crippen LogP contribution is 2.32. The second kappa shape index (κ2) is 6.29. The zero-order chi connectivity index (χ0) is 13.8. The molecule has 0 radical (unpaired) electrons. The van der Waals surface area contributed by atoms with E-state index in [-0.39, 0.29) is 11.8 Å². The van der Waals surface area contributed by atoms with E-state index < -0.39 is 0 Å². The first-order valence-electron chi connectivity index (χ1n) is 7.95. The van der Waals surface area contributed by atoms with Gasteiger partial charge in [0.15, 0.2) is 0 Å². The summed E-state index contributed by atoms with van der Waals surface area (Å²) in [5, 5.41) is 6.58. The first-order chi connectivity index (χ1) is 9.84. The third-order valence-corrected chi connectivity index (χ3v) is 4.71. The lowest BCUT2D eigenvalue weighted by Gasteiger charge is -2.21. The zero-order valence-electron chi connectivity index (χ0n) is 12.0. The molecular weight excluding hydrogens is 248 g/mol. The van der Waals surface area contributed by atoms with Crippen molar-refractivity contribution in [3.05, 3.63) is 29.8 Å². The molecule has 2 N–H and O–H groups in total. The number of hydrogen-bond acceptors (Lipinski definition) is 2. The Labute approximate surface area is 121 Å². The largest absolute Gasteiger partial charge is 0.384 e. The smallest absolute Gasteiger partial charge is 0.223 e. The fourth-order valence-corrected chi connectivity index (χ4v) is 3.49. The van der Waals surface area contributed by atoms with Crippen LogP contribution in [0.5, 0.6) is 0 Å². The Kier molecular flexibility index (Phi) is 4.24. The van der Waals surface area contributed by atoms with Gasteiger partial charge < -0.3 is 10.6 Å². The van der Waals surface area contributed by atoms with Crippen LogP contribution in [0, 0.1) is 5.92 Å². The number of carbonyl (C=O) groups excluding carboxylic acids is 1. The molecule has 108 valence electrons. The Bertz CT molecular complexity index is 466. The molecule has 1 saturated carbocycles. The molecule has 0 spiro atoms. The first kappa shape index (κ1) is 13.5. The summed E-state index contributed by atoms with van der Waals surface area (Å²) >= 11 is 0. The van der Waals surface area contributed by atoms with Gasteiger partial charge in [0.05, 0.1) is 0 Å². The molecule has 1 unspecified atom stereocenters. The van der Waals surface area contributed by atoms with Crippen molar-refractivity contribution in [2.75, 3.05) is 18.4 Å². The fourth-order valence-electron chi connectivity index (χ4n) is 3.49. The predicted molar refractivity (Wildman–Crippen MR) is 81.9 cm³/mol. The average molecular weight is 272 g/mol. The topological polar surface area (TPSA) is 41.1 Å². The maximum absolute atomic E-state index is 12.1. The van der Waals surface area contributed by atoms with Crippen molar-refractivity contribution in [2.45, 2.75) is 44.4 Å². The molecule has 1 fully saturated rings. The standard InChI is InChI=1S/C17H24N2O/c20-17(13-6-2-1-3-7-13)18-11-10-14-12-19-16-9-5-4-8-15(14)16/h4-5,8-9,13-14,19H,1-3,6-7,10-12H2,(H,18,20). The SMILES string of the molecule is O=C(NCCC1CNc2ccccc21)C1CCCCC1.